The summed E-state index contributed by atoms with van der Waals surface area (Å²) in [6, 6.07) is 5.07. The standard InChI is InChI=1S/C14H20N4O3/c1-21-10-3-4-12(11(15)7-10)17-14(20)9-18-6-2-5-16-13(19)8-18/h3-4,7H,2,5-6,8-9,15H2,1H3,(H,16,19)(H,17,20). The largest absolute Gasteiger partial charge is 0.497 e. The predicted molar refractivity (Wildman–Crippen MR) is 80.1 cm³/mol. The Kier molecular flexibility index (Phi) is 4.99. The monoisotopic (exact) mass is 292 g/mol. The maximum atomic E-state index is 12.0. The van der Waals surface area contributed by atoms with E-state index >= 15 is 0 Å². The fraction of sp³-hybridized carbons (Fsp3) is 0.429. The maximum Gasteiger partial charge on any atom is 0.238 e. The predicted octanol–water partition coefficient (Wildman–Crippen LogP) is 0.0378. The Morgan fingerprint density at radius 3 is 3.05 bits per heavy atom. The molecule has 0 bridgehead atoms. The average Bonchev–Trinajstić information content (AvgIpc) is 2.65. The highest BCUT2D eigenvalue weighted by atomic mass is 16.5. The molecule has 114 valence electrons. The molecule has 1 aliphatic heterocycles. The van der Waals surface area contributed by atoms with Crippen LogP contribution in [0.4, 0.5) is 11.4 Å². The van der Waals surface area contributed by atoms with Crippen molar-refractivity contribution in [1.29, 1.82) is 0 Å². The van der Waals surface area contributed by atoms with Gasteiger partial charge in [0.05, 0.1) is 31.6 Å². The van der Waals surface area contributed by atoms with Gasteiger partial charge in [0, 0.05) is 19.2 Å². The van der Waals surface area contributed by atoms with Crippen molar-refractivity contribution in [2.75, 3.05) is 44.3 Å². The summed E-state index contributed by atoms with van der Waals surface area (Å²) in [4.78, 5) is 25.3. The summed E-state index contributed by atoms with van der Waals surface area (Å²) in [5.41, 5.74) is 6.84. The topological polar surface area (TPSA) is 96.7 Å². The van der Waals surface area contributed by atoms with Gasteiger partial charge in [-0.3, -0.25) is 14.5 Å². The fourth-order valence-electron chi connectivity index (χ4n) is 2.18. The number of anilines is 2. The molecule has 0 saturated carbocycles. The zero-order valence-electron chi connectivity index (χ0n) is 12.0. The number of nitrogens with two attached hydrogens (primary N) is 1. The zero-order chi connectivity index (χ0) is 15.2. The summed E-state index contributed by atoms with van der Waals surface area (Å²) < 4.78 is 5.06. The van der Waals surface area contributed by atoms with Crippen LogP contribution in [0.25, 0.3) is 0 Å². The lowest BCUT2D eigenvalue weighted by molar-refractivity contribution is -0.122. The number of methoxy groups -OCH3 is 1. The van der Waals surface area contributed by atoms with Crippen LogP contribution in [0.15, 0.2) is 18.2 Å². The quantitative estimate of drug-likeness (QED) is 0.681. The number of hydrogen-bond donors (Lipinski definition) is 3. The van der Waals surface area contributed by atoms with Gasteiger partial charge in [0.2, 0.25) is 11.8 Å². The molecule has 7 nitrogen and oxygen atoms in total. The number of amides is 2. The lowest BCUT2D eigenvalue weighted by Gasteiger charge is -2.18. The summed E-state index contributed by atoms with van der Waals surface area (Å²) >= 11 is 0. The Labute approximate surface area is 123 Å². The van der Waals surface area contributed by atoms with Crippen molar-refractivity contribution in [2.45, 2.75) is 6.42 Å². The van der Waals surface area contributed by atoms with Gasteiger partial charge in [-0.05, 0) is 18.6 Å². The van der Waals surface area contributed by atoms with Gasteiger partial charge in [0.25, 0.3) is 0 Å². The van der Waals surface area contributed by atoms with Gasteiger partial charge in [-0.2, -0.15) is 0 Å². The number of hydrogen-bond acceptors (Lipinski definition) is 5. The Morgan fingerprint density at radius 1 is 1.52 bits per heavy atom. The number of carbonyl (C=O) groups excluding carboxylic acids is 2. The molecule has 0 radical (unpaired) electrons. The van der Waals surface area contributed by atoms with Crippen molar-refractivity contribution in [3.8, 4) is 5.75 Å². The smallest absolute Gasteiger partial charge is 0.238 e. The van der Waals surface area contributed by atoms with Crippen LogP contribution in [0.2, 0.25) is 0 Å². The molecule has 2 amide bonds. The number of ether oxygens (including phenoxy) is 1. The van der Waals surface area contributed by atoms with E-state index in [2.05, 4.69) is 10.6 Å². The fourth-order valence-corrected chi connectivity index (χ4v) is 2.18. The number of rotatable bonds is 4. The Hall–Kier alpha value is -2.28. The maximum absolute atomic E-state index is 12.0. The van der Waals surface area contributed by atoms with Gasteiger partial charge < -0.3 is 21.1 Å². The van der Waals surface area contributed by atoms with E-state index in [0.717, 1.165) is 6.42 Å². The van der Waals surface area contributed by atoms with E-state index < -0.39 is 0 Å². The number of carbonyl (C=O) groups is 2. The number of nitrogens with zero attached hydrogens (tertiary/aromatic N) is 1. The highest BCUT2D eigenvalue weighted by Gasteiger charge is 2.17. The van der Waals surface area contributed by atoms with E-state index in [4.69, 9.17) is 10.5 Å². The minimum atomic E-state index is -0.193. The van der Waals surface area contributed by atoms with Crippen molar-refractivity contribution >= 4 is 23.2 Å². The first-order chi connectivity index (χ1) is 10.1. The van der Waals surface area contributed by atoms with Crippen molar-refractivity contribution in [3.63, 3.8) is 0 Å². The van der Waals surface area contributed by atoms with Crippen LogP contribution >= 0.6 is 0 Å². The third kappa shape index (κ3) is 4.35. The van der Waals surface area contributed by atoms with Crippen molar-refractivity contribution in [1.82, 2.24) is 10.2 Å². The van der Waals surface area contributed by atoms with E-state index in [-0.39, 0.29) is 24.9 Å². The molecule has 1 aromatic rings. The summed E-state index contributed by atoms with van der Waals surface area (Å²) in [5, 5.41) is 5.52. The SMILES string of the molecule is COc1ccc(NC(=O)CN2CCCNC(=O)C2)c(N)c1. The van der Waals surface area contributed by atoms with Gasteiger partial charge in [-0.25, -0.2) is 0 Å². The van der Waals surface area contributed by atoms with Gasteiger partial charge in [0.1, 0.15) is 5.75 Å². The molecule has 0 spiro atoms. The van der Waals surface area contributed by atoms with Crippen molar-refractivity contribution in [2.24, 2.45) is 0 Å². The van der Waals surface area contributed by atoms with Crippen LogP contribution in [0, 0.1) is 0 Å². The summed E-state index contributed by atoms with van der Waals surface area (Å²) in [5.74, 6) is 0.389. The Bertz CT molecular complexity index is 533. The molecule has 0 unspecified atom stereocenters. The number of benzene rings is 1. The van der Waals surface area contributed by atoms with Crippen LogP contribution in [0.1, 0.15) is 6.42 Å². The highest BCUT2D eigenvalue weighted by Crippen LogP contribution is 2.23. The lowest BCUT2D eigenvalue weighted by Crippen LogP contribution is -2.38. The number of nitrogen functional groups attached to an aromatic ring is 1. The molecule has 1 aliphatic rings. The summed E-state index contributed by atoms with van der Waals surface area (Å²) in [6.45, 7) is 1.77. The van der Waals surface area contributed by atoms with Crippen LogP contribution in [-0.4, -0.2) is 50.0 Å². The van der Waals surface area contributed by atoms with E-state index in [1.54, 1.807) is 25.3 Å². The first-order valence-electron chi connectivity index (χ1n) is 6.81. The molecule has 0 aromatic heterocycles. The molecule has 4 N–H and O–H groups in total. The third-order valence-corrected chi connectivity index (χ3v) is 3.24. The van der Waals surface area contributed by atoms with Crippen LogP contribution in [0.3, 0.4) is 0 Å². The molecule has 0 aliphatic carbocycles. The number of nitrogens with one attached hydrogen (secondary N) is 2. The van der Waals surface area contributed by atoms with E-state index in [1.165, 1.54) is 0 Å². The van der Waals surface area contributed by atoms with Gasteiger partial charge in [-0.15, -0.1) is 0 Å². The highest BCUT2D eigenvalue weighted by molar-refractivity contribution is 5.95. The Balaban J connectivity index is 1.93. The third-order valence-electron chi connectivity index (χ3n) is 3.24. The van der Waals surface area contributed by atoms with Crippen molar-refractivity contribution < 1.29 is 14.3 Å². The summed E-state index contributed by atoms with van der Waals surface area (Å²) in [6.07, 6.45) is 0.837. The molecular formula is C14H20N4O3. The average molecular weight is 292 g/mol. The molecule has 2 rings (SSSR count). The molecule has 0 atom stereocenters. The molecule has 1 heterocycles. The van der Waals surface area contributed by atoms with Crippen LogP contribution in [-0.2, 0) is 9.59 Å². The van der Waals surface area contributed by atoms with Crippen LogP contribution in [0.5, 0.6) is 5.75 Å². The van der Waals surface area contributed by atoms with Crippen LogP contribution < -0.4 is 21.1 Å². The molecule has 7 heteroatoms. The molecule has 21 heavy (non-hydrogen) atoms. The molecule has 1 saturated heterocycles. The van der Waals surface area contributed by atoms with E-state index in [9.17, 15) is 9.59 Å². The van der Waals surface area contributed by atoms with Gasteiger partial charge in [-0.1, -0.05) is 0 Å². The van der Waals surface area contributed by atoms with Gasteiger partial charge in [0.15, 0.2) is 0 Å². The second-order valence-corrected chi connectivity index (χ2v) is 4.92. The molecular weight excluding hydrogens is 272 g/mol. The van der Waals surface area contributed by atoms with Gasteiger partial charge >= 0.3 is 0 Å². The minimum absolute atomic E-state index is 0.0516. The summed E-state index contributed by atoms with van der Waals surface area (Å²) in [7, 11) is 1.55. The first kappa shape index (κ1) is 15.1. The molecule has 1 aromatic carbocycles. The normalized spacial score (nSPS) is 16.0. The minimum Gasteiger partial charge on any atom is -0.497 e. The van der Waals surface area contributed by atoms with E-state index in [0.29, 0.717) is 30.2 Å². The van der Waals surface area contributed by atoms with E-state index in [1.807, 2.05) is 4.90 Å². The Morgan fingerprint density at radius 2 is 2.33 bits per heavy atom. The first-order valence-corrected chi connectivity index (χ1v) is 6.81. The molecule has 1 fully saturated rings. The second-order valence-electron chi connectivity index (χ2n) is 4.92. The lowest BCUT2D eigenvalue weighted by atomic mass is 10.2. The second kappa shape index (κ2) is 6.94. The van der Waals surface area contributed by atoms with Crippen molar-refractivity contribution in [3.05, 3.63) is 18.2 Å². The zero-order valence-corrected chi connectivity index (χ0v) is 12.0.